The topological polar surface area (TPSA) is 195 Å². The zero-order valence-corrected chi connectivity index (χ0v) is 32.5. The second kappa shape index (κ2) is 17.3. The van der Waals surface area contributed by atoms with Gasteiger partial charge in [0, 0.05) is 37.1 Å². The molecule has 8 aromatic rings. The van der Waals surface area contributed by atoms with Gasteiger partial charge in [-0.3, -0.25) is 15.0 Å². The SMILES string of the molecule is COc1ccc(Nc2nc(-c3c(F)cccc3F)nc3cn[nH]c23)cc1NC(C)=O.OC1CCN(c2ccc(Nc3nc(-c4c(F)cccc4F)nc4cn[nH]c34)cc2)CC1. The number of rotatable bonds is 9. The molecule has 1 aliphatic heterocycles. The van der Waals surface area contributed by atoms with E-state index >= 15 is 0 Å². The lowest BCUT2D eigenvalue weighted by Crippen LogP contribution is -2.35. The van der Waals surface area contributed by atoms with Crippen molar-refractivity contribution in [1.29, 1.82) is 0 Å². The molecule has 0 saturated carbocycles. The zero-order valence-electron chi connectivity index (χ0n) is 32.5. The van der Waals surface area contributed by atoms with Crippen LogP contribution in [-0.2, 0) is 4.79 Å². The van der Waals surface area contributed by atoms with Gasteiger partial charge >= 0.3 is 0 Å². The zero-order chi connectivity index (χ0) is 42.6. The summed E-state index contributed by atoms with van der Waals surface area (Å²) in [5.74, 6) is -2.37. The molecule has 15 nitrogen and oxygen atoms in total. The van der Waals surface area contributed by atoms with Crippen molar-refractivity contribution in [2.24, 2.45) is 0 Å². The fourth-order valence-electron chi connectivity index (χ4n) is 6.73. The van der Waals surface area contributed by atoms with E-state index in [1.54, 1.807) is 18.2 Å². The van der Waals surface area contributed by atoms with Crippen molar-refractivity contribution >= 4 is 62.4 Å². The van der Waals surface area contributed by atoms with Crippen molar-refractivity contribution in [3.8, 4) is 28.5 Å². The number of ether oxygens (including phenoxy) is 1. The molecule has 4 aromatic carbocycles. The van der Waals surface area contributed by atoms with Gasteiger partial charge in [0.25, 0.3) is 0 Å². The van der Waals surface area contributed by atoms with Crippen LogP contribution in [0.15, 0.2) is 91.3 Å². The van der Waals surface area contributed by atoms with Crippen molar-refractivity contribution in [2.75, 3.05) is 41.0 Å². The number of hydrogen-bond donors (Lipinski definition) is 6. The molecular formula is C42H36F4N12O3. The van der Waals surface area contributed by atoms with Crippen molar-refractivity contribution in [3.05, 3.63) is 115 Å². The lowest BCUT2D eigenvalue weighted by atomic mass is 10.1. The van der Waals surface area contributed by atoms with Crippen LogP contribution in [-0.4, -0.2) is 77.6 Å². The second-order valence-electron chi connectivity index (χ2n) is 13.9. The third-order valence-electron chi connectivity index (χ3n) is 9.71. The Kier molecular flexibility index (Phi) is 11.4. The predicted octanol–water partition coefficient (Wildman–Crippen LogP) is 8.01. The second-order valence-corrected chi connectivity index (χ2v) is 13.9. The van der Waals surface area contributed by atoms with Crippen molar-refractivity contribution in [1.82, 2.24) is 40.3 Å². The molecular weight excluding hydrogens is 797 g/mol. The average Bonchev–Trinajstić information content (AvgIpc) is 3.92. The standard InChI is InChI=1S/C22H20F2N6O.C20H16F2N6O2/c23-16-2-1-3-17(24)19(16)21-27-18-12-25-29-20(18)22(28-21)26-13-4-6-14(7-5-13)30-10-8-15(31)9-11-30;1-10(29)24-14-8-11(6-7-16(14)30-2)25-20-18-15(9-23-28-18)26-19(27-20)17-12(21)4-3-5-13(17)22/h1-7,12,15,31H,8-11H2,(H,25,29)(H,26,27,28);3-9H,1-2H3,(H,23,28)(H,24,29)(H,25,26,27). The number of anilines is 6. The first kappa shape index (κ1) is 40.1. The number of nitrogens with zero attached hydrogens (tertiary/aromatic N) is 7. The maximum absolute atomic E-state index is 14.3. The van der Waals surface area contributed by atoms with Crippen LogP contribution in [0.25, 0.3) is 44.8 Å². The third kappa shape index (κ3) is 8.71. The van der Waals surface area contributed by atoms with Crippen LogP contribution in [0.3, 0.4) is 0 Å². The van der Waals surface area contributed by atoms with Gasteiger partial charge < -0.3 is 30.7 Å². The van der Waals surface area contributed by atoms with Gasteiger partial charge in [-0.15, -0.1) is 0 Å². The number of halogens is 4. The molecule has 0 unspecified atom stereocenters. The van der Waals surface area contributed by atoms with E-state index in [0.29, 0.717) is 45.0 Å². The quantitative estimate of drug-likeness (QED) is 0.0769. The first-order chi connectivity index (χ1) is 29.5. The molecule has 0 spiro atoms. The Hall–Kier alpha value is -7.67. The molecule has 9 rings (SSSR count). The van der Waals surface area contributed by atoms with Crippen molar-refractivity contribution in [2.45, 2.75) is 25.9 Å². The Labute approximate surface area is 344 Å². The number of aromatic amines is 2. The van der Waals surface area contributed by atoms with Gasteiger partial charge in [-0.25, -0.2) is 37.5 Å². The number of fused-ring (bicyclic) bond motifs is 2. The van der Waals surface area contributed by atoms with Crippen LogP contribution in [0.5, 0.6) is 5.75 Å². The van der Waals surface area contributed by atoms with E-state index in [0.717, 1.165) is 49.4 Å². The number of H-pyrrole nitrogens is 2. The Morgan fingerprint density at radius 1 is 0.721 bits per heavy atom. The van der Waals surface area contributed by atoms with Crippen LogP contribution < -0.4 is 25.6 Å². The first-order valence-corrected chi connectivity index (χ1v) is 18.9. The van der Waals surface area contributed by atoms with Gasteiger partial charge in [0.2, 0.25) is 5.91 Å². The van der Waals surface area contributed by atoms with E-state index in [2.05, 4.69) is 61.2 Å². The summed E-state index contributed by atoms with van der Waals surface area (Å²) in [6.07, 6.45) is 4.21. The van der Waals surface area contributed by atoms with Crippen LogP contribution in [0, 0.1) is 23.3 Å². The van der Waals surface area contributed by atoms with Crippen LogP contribution in [0.2, 0.25) is 0 Å². The molecule has 1 fully saturated rings. The van der Waals surface area contributed by atoms with Gasteiger partial charge in [0.1, 0.15) is 51.1 Å². The molecule has 61 heavy (non-hydrogen) atoms. The lowest BCUT2D eigenvalue weighted by molar-refractivity contribution is -0.114. The Bertz CT molecular complexity index is 2820. The number of aliphatic hydroxyl groups excluding tert-OH is 1. The highest BCUT2D eigenvalue weighted by atomic mass is 19.1. The average molecular weight is 833 g/mol. The monoisotopic (exact) mass is 832 g/mol. The van der Waals surface area contributed by atoms with E-state index in [1.807, 2.05) is 24.3 Å². The molecule has 6 N–H and O–H groups in total. The molecule has 1 aliphatic rings. The maximum Gasteiger partial charge on any atom is 0.221 e. The van der Waals surface area contributed by atoms with E-state index in [-0.39, 0.29) is 40.6 Å². The van der Waals surface area contributed by atoms with E-state index in [4.69, 9.17) is 4.74 Å². The number of piperidine rings is 1. The summed E-state index contributed by atoms with van der Waals surface area (Å²) in [4.78, 5) is 30.8. The molecule has 1 saturated heterocycles. The number of carbonyl (C=O) groups excluding carboxylic acids is 1. The van der Waals surface area contributed by atoms with Crippen molar-refractivity contribution < 1.29 is 32.2 Å². The molecule has 0 radical (unpaired) electrons. The number of methoxy groups -OCH3 is 1. The maximum atomic E-state index is 14.3. The molecule has 310 valence electrons. The molecule has 0 aliphatic carbocycles. The minimum absolute atomic E-state index is 0.0597. The highest BCUT2D eigenvalue weighted by molar-refractivity contribution is 5.93. The van der Waals surface area contributed by atoms with Crippen LogP contribution in [0.4, 0.5) is 51.9 Å². The summed E-state index contributed by atoms with van der Waals surface area (Å²) >= 11 is 0. The summed E-state index contributed by atoms with van der Waals surface area (Å²) in [6, 6.07) is 20.0. The Morgan fingerprint density at radius 3 is 1.70 bits per heavy atom. The predicted molar refractivity (Wildman–Crippen MR) is 222 cm³/mol. The summed E-state index contributed by atoms with van der Waals surface area (Å²) in [5, 5.41) is 32.1. The number of carbonyl (C=O) groups is 1. The normalized spacial score (nSPS) is 12.9. The first-order valence-electron chi connectivity index (χ1n) is 18.9. The smallest absolute Gasteiger partial charge is 0.221 e. The fraction of sp³-hybridized carbons (Fsp3) is 0.167. The third-order valence-corrected chi connectivity index (χ3v) is 9.71. The molecule has 4 aromatic heterocycles. The van der Waals surface area contributed by atoms with Gasteiger partial charge in [-0.05, 0) is 79.6 Å². The highest BCUT2D eigenvalue weighted by Crippen LogP contribution is 2.33. The summed E-state index contributed by atoms with van der Waals surface area (Å²) in [5.41, 5.74) is 4.02. The van der Waals surface area contributed by atoms with Gasteiger partial charge in [-0.2, -0.15) is 10.2 Å². The van der Waals surface area contributed by atoms with E-state index in [1.165, 1.54) is 50.7 Å². The lowest BCUT2D eigenvalue weighted by Gasteiger charge is -2.31. The van der Waals surface area contributed by atoms with E-state index in [9.17, 15) is 27.5 Å². The van der Waals surface area contributed by atoms with Crippen LogP contribution in [0.1, 0.15) is 19.8 Å². The summed E-state index contributed by atoms with van der Waals surface area (Å²) in [6.45, 7) is 3.01. The molecule has 0 atom stereocenters. The number of hydrogen-bond acceptors (Lipinski definition) is 12. The molecule has 1 amide bonds. The van der Waals surface area contributed by atoms with Crippen molar-refractivity contribution in [3.63, 3.8) is 0 Å². The molecule has 0 bridgehead atoms. The number of aliphatic hydroxyl groups is 1. The van der Waals surface area contributed by atoms with Gasteiger partial charge in [0.05, 0.1) is 42.4 Å². The Morgan fingerprint density at radius 2 is 1.21 bits per heavy atom. The molecule has 19 heteroatoms. The number of benzene rings is 4. The number of nitrogens with one attached hydrogen (secondary N) is 5. The summed E-state index contributed by atoms with van der Waals surface area (Å²) in [7, 11) is 1.49. The Balaban J connectivity index is 0.000000169. The van der Waals surface area contributed by atoms with E-state index < -0.39 is 23.3 Å². The minimum atomic E-state index is -0.777. The van der Waals surface area contributed by atoms with Gasteiger partial charge in [0.15, 0.2) is 23.3 Å². The molecule has 5 heterocycles. The number of amides is 1. The number of aromatic nitrogens is 8. The minimum Gasteiger partial charge on any atom is -0.495 e. The van der Waals surface area contributed by atoms with Crippen LogP contribution >= 0.6 is 0 Å². The highest BCUT2D eigenvalue weighted by Gasteiger charge is 2.21. The fourth-order valence-corrected chi connectivity index (χ4v) is 6.73. The largest absolute Gasteiger partial charge is 0.495 e. The summed E-state index contributed by atoms with van der Waals surface area (Å²) < 4.78 is 62.3. The van der Waals surface area contributed by atoms with Gasteiger partial charge in [-0.1, -0.05) is 12.1 Å².